The quantitative estimate of drug-likeness (QED) is 0.505. The molecule has 4 N–H and O–H groups in total. The number of aromatic nitrogens is 3. The SMILES string of the molecule is CNC(=O)c1cc(C(N)=O)cc(C)c1NC(=O)c1cc(Br)nn1-c1ncccc1Cl. The Hall–Kier alpha value is -3.24. The van der Waals surface area contributed by atoms with Crippen LogP contribution in [0.5, 0.6) is 0 Å². The van der Waals surface area contributed by atoms with Crippen LogP contribution >= 0.6 is 27.5 Å². The Morgan fingerprint density at radius 2 is 1.93 bits per heavy atom. The average molecular weight is 492 g/mol. The number of anilines is 1. The van der Waals surface area contributed by atoms with Gasteiger partial charge in [-0.3, -0.25) is 14.4 Å². The Morgan fingerprint density at radius 3 is 2.57 bits per heavy atom. The van der Waals surface area contributed by atoms with Crippen molar-refractivity contribution in [1.82, 2.24) is 20.1 Å². The van der Waals surface area contributed by atoms with Gasteiger partial charge in [-0.25, -0.2) is 9.67 Å². The lowest BCUT2D eigenvalue weighted by atomic mass is 10.0. The summed E-state index contributed by atoms with van der Waals surface area (Å²) in [5.74, 6) is -1.47. The average Bonchev–Trinajstić information content (AvgIpc) is 3.10. The number of nitrogens with zero attached hydrogens (tertiary/aromatic N) is 3. The first-order chi connectivity index (χ1) is 14.2. The van der Waals surface area contributed by atoms with Crippen molar-refractivity contribution in [2.24, 2.45) is 5.73 Å². The third-order valence-electron chi connectivity index (χ3n) is 4.18. The fourth-order valence-corrected chi connectivity index (χ4v) is 3.37. The van der Waals surface area contributed by atoms with E-state index in [4.69, 9.17) is 17.3 Å². The molecule has 11 heteroatoms. The van der Waals surface area contributed by atoms with Crippen LogP contribution < -0.4 is 16.4 Å². The molecule has 0 aliphatic rings. The first-order valence-corrected chi connectivity index (χ1v) is 9.74. The van der Waals surface area contributed by atoms with Crippen LogP contribution in [-0.2, 0) is 0 Å². The zero-order valence-corrected chi connectivity index (χ0v) is 18.2. The Morgan fingerprint density at radius 1 is 1.20 bits per heavy atom. The van der Waals surface area contributed by atoms with Gasteiger partial charge in [0.2, 0.25) is 5.91 Å². The molecule has 0 unspecified atom stereocenters. The summed E-state index contributed by atoms with van der Waals surface area (Å²) in [6.07, 6.45) is 1.52. The number of nitrogens with two attached hydrogens (primary N) is 1. The van der Waals surface area contributed by atoms with Crippen LogP contribution in [0.1, 0.15) is 36.8 Å². The van der Waals surface area contributed by atoms with Crippen LogP contribution in [-0.4, -0.2) is 39.5 Å². The summed E-state index contributed by atoms with van der Waals surface area (Å²) in [5, 5.41) is 9.72. The molecule has 0 saturated heterocycles. The van der Waals surface area contributed by atoms with Crippen molar-refractivity contribution in [3.05, 3.63) is 68.5 Å². The molecule has 0 bridgehead atoms. The number of rotatable bonds is 5. The molecule has 1 aromatic carbocycles. The Bertz CT molecular complexity index is 1180. The molecular formula is C19H16BrClN6O3. The molecule has 2 heterocycles. The molecule has 9 nitrogen and oxygen atoms in total. The van der Waals surface area contributed by atoms with Crippen LogP contribution in [0.15, 0.2) is 41.1 Å². The number of carbonyl (C=O) groups is 3. The van der Waals surface area contributed by atoms with Gasteiger partial charge in [0.05, 0.1) is 16.3 Å². The molecule has 0 radical (unpaired) electrons. The van der Waals surface area contributed by atoms with Gasteiger partial charge in [-0.2, -0.15) is 5.10 Å². The van der Waals surface area contributed by atoms with Crippen LogP contribution in [0.3, 0.4) is 0 Å². The molecule has 0 aliphatic carbocycles. The minimum Gasteiger partial charge on any atom is -0.366 e. The number of benzene rings is 1. The maximum Gasteiger partial charge on any atom is 0.274 e. The summed E-state index contributed by atoms with van der Waals surface area (Å²) in [6.45, 7) is 1.65. The highest BCUT2D eigenvalue weighted by Gasteiger charge is 2.22. The van der Waals surface area contributed by atoms with Crippen LogP contribution in [0.25, 0.3) is 5.82 Å². The smallest absolute Gasteiger partial charge is 0.274 e. The molecule has 0 fully saturated rings. The lowest BCUT2D eigenvalue weighted by Gasteiger charge is -2.15. The van der Waals surface area contributed by atoms with Gasteiger partial charge in [-0.1, -0.05) is 11.6 Å². The third-order valence-corrected chi connectivity index (χ3v) is 4.86. The number of amides is 3. The lowest BCUT2D eigenvalue weighted by Crippen LogP contribution is -2.24. The molecule has 3 rings (SSSR count). The normalized spacial score (nSPS) is 10.5. The summed E-state index contributed by atoms with van der Waals surface area (Å²) in [5.41, 5.74) is 6.44. The zero-order chi connectivity index (χ0) is 22.0. The first-order valence-electron chi connectivity index (χ1n) is 8.57. The number of primary amides is 1. The van der Waals surface area contributed by atoms with Gasteiger partial charge < -0.3 is 16.4 Å². The van der Waals surface area contributed by atoms with E-state index in [1.807, 2.05) is 0 Å². The molecule has 30 heavy (non-hydrogen) atoms. The van der Waals surface area contributed by atoms with Crippen molar-refractivity contribution >= 4 is 50.9 Å². The fourth-order valence-electron chi connectivity index (χ4n) is 2.80. The van der Waals surface area contributed by atoms with Crippen molar-refractivity contribution < 1.29 is 14.4 Å². The van der Waals surface area contributed by atoms with E-state index in [1.54, 1.807) is 19.1 Å². The number of nitrogens with one attached hydrogen (secondary N) is 2. The second-order valence-electron chi connectivity index (χ2n) is 6.19. The van der Waals surface area contributed by atoms with E-state index in [0.29, 0.717) is 15.2 Å². The van der Waals surface area contributed by atoms with E-state index >= 15 is 0 Å². The van der Waals surface area contributed by atoms with Gasteiger partial charge in [0.1, 0.15) is 10.3 Å². The zero-order valence-electron chi connectivity index (χ0n) is 15.9. The first kappa shape index (κ1) is 21.5. The van der Waals surface area contributed by atoms with Gasteiger partial charge in [0, 0.05) is 24.9 Å². The lowest BCUT2D eigenvalue weighted by molar-refractivity contribution is 0.0964. The molecule has 0 atom stereocenters. The molecule has 154 valence electrons. The van der Waals surface area contributed by atoms with E-state index in [1.165, 1.54) is 36.1 Å². The van der Waals surface area contributed by atoms with Crippen LogP contribution in [0.4, 0.5) is 5.69 Å². The summed E-state index contributed by atoms with van der Waals surface area (Å²) in [7, 11) is 1.44. The second-order valence-corrected chi connectivity index (χ2v) is 7.41. The topological polar surface area (TPSA) is 132 Å². The number of hydrogen-bond acceptors (Lipinski definition) is 5. The monoisotopic (exact) mass is 490 g/mol. The summed E-state index contributed by atoms with van der Waals surface area (Å²) in [4.78, 5) is 41.2. The van der Waals surface area contributed by atoms with Crippen molar-refractivity contribution in [2.45, 2.75) is 6.92 Å². The number of halogens is 2. The highest BCUT2D eigenvalue weighted by molar-refractivity contribution is 9.10. The number of pyridine rings is 1. The second kappa shape index (κ2) is 8.64. The van der Waals surface area contributed by atoms with Crippen molar-refractivity contribution in [3.8, 4) is 5.82 Å². The van der Waals surface area contributed by atoms with Gasteiger partial charge in [-0.05, 0) is 52.7 Å². The highest BCUT2D eigenvalue weighted by atomic mass is 79.9. The Labute approximate surface area is 184 Å². The van der Waals surface area contributed by atoms with Crippen molar-refractivity contribution in [3.63, 3.8) is 0 Å². The van der Waals surface area contributed by atoms with Gasteiger partial charge in [0.25, 0.3) is 11.8 Å². The van der Waals surface area contributed by atoms with E-state index in [9.17, 15) is 14.4 Å². The van der Waals surface area contributed by atoms with Gasteiger partial charge in [-0.15, -0.1) is 0 Å². The highest BCUT2D eigenvalue weighted by Crippen LogP contribution is 2.26. The fraction of sp³-hybridized carbons (Fsp3) is 0.105. The van der Waals surface area contributed by atoms with Crippen LogP contribution in [0, 0.1) is 6.92 Å². The predicted molar refractivity (Wildman–Crippen MR) is 115 cm³/mol. The number of aryl methyl sites for hydroxylation is 1. The van der Waals surface area contributed by atoms with Gasteiger partial charge >= 0.3 is 0 Å². The Balaban J connectivity index is 2.07. The molecule has 0 spiro atoms. The molecule has 2 aromatic heterocycles. The van der Waals surface area contributed by atoms with E-state index < -0.39 is 17.7 Å². The minimum atomic E-state index is -0.687. The van der Waals surface area contributed by atoms with E-state index in [2.05, 4.69) is 36.6 Å². The summed E-state index contributed by atoms with van der Waals surface area (Å²) >= 11 is 9.44. The standard InChI is InChI=1S/C19H16BrClN6O3/c1-9-6-10(16(22)28)7-11(18(29)23-2)15(9)25-19(30)13-8-14(20)26-27(13)17-12(21)4-3-5-24-17/h3-8H,1-2H3,(H2,22,28)(H,23,29)(H,25,30). The summed E-state index contributed by atoms with van der Waals surface area (Å²) < 4.78 is 1.68. The predicted octanol–water partition coefficient (Wildman–Crippen LogP) is 2.70. The molecule has 0 aliphatic heterocycles. The third kappa shape index (κ3) is 4.19. The maximum atomic E-state index is 13.1. The van der Waals surface area contributed by atoms with E-state index in [0.717, 1.165) is 0 Å². The minimum absolute atomic E-state index is 0.0978. The maximum absolute atomic E-state index is 13.1. The van der Waals surface area contributed by atoms with Crippen LogP contribution in [0.2, 0.25) is 5.02 Å². The largest absolute Gasteiger partial charge is 0.366 e. The van der Waals surface area contributed by atoms with E-state index in [-0.39, 0.29) is 28.3 Å². The molecule has 3 amide bonds. The number of carbonyl (C=O) groups excluding carboxylic acids is 3. The number of hydrogen-bond donors (Lipinski definition) is 3. The van der Waals surface area contributed by atoms with Crippen molar-refractivity contribution in [2.75, 3.05) is 12.4 Å². The molecule has 0 saturated carbocycles. The Kier molecular flexibility index (Phi) is 6.18. The molecule has 3 aromatic rings. The van der Waals surface area contributed by atoms with Gasteiger partial charge in [0.15, 0.2) is 5.82 Å². The molecular weight excluding hydrogens is 476 g/mol. The van der Waals surface area contributed by atoms with Crippen molar-refractivity contribution in [1.29, 1.82) is 0 Å². The summed E-state index contributed by atoms with van der Waals surface area (Å²) in [6, 6.07) is 7.59.